The van der Waals surface area contributed by atoms with Crippen molar-refractivity contribution in [2.24, 2.45) is 0 Å². The molecule has 0 aromatic heterocycles. The zero-order valence-corrected chi connectivity index (χ0v) is 11.5. The molecular weight excluding hydrogens is 284 g/mol. The van der Waals surface area contributed by atoms with Crippen molar-refractivity contribution in [3.8, 4) is 0 Å². The molecule has 2 aromatic rings. The molecule has 1 N–H and O–H groups in total. The molecule has 0 bridgehead atoms. The van der Waals surface area contributed by atoms with Gasteiger partial charge >= 0.3 is 0 Å². The summed E-state index contributed by atoms with van der Waals surface area (Å²) in [5.41, 5.74) is -0.817. The summed E-state index contributed by atoms with van der Waals surface area (Å²) in [4.78, 5) is 0. The van der Waals surface area contributed by atoms with Crippen LogP contribution in [0, 0.1) is 23.3 Å². The Kier molecular flexibility index (Phi) is 4.05. The topological polar surface area (TPSA) is 20.2 Å². The van der Waals surface area contributed by atoms with E-state index in [4.69, 9.17) is 0 Å². The maximum absolute atomic E-state index is 13.8. The first-order chi connectivity index (χ1) is 9.75. The maximum atomic E-state index is 13.8. The van der Waals surface area contributed by atoms with Crippen molar-refractivity contribution in [3.63, 3.8) is 0 Å². The molecule has 1 atom stereocenters. The molecule has 0 saturated heterocycles. The number of halogens is 4. The molecular formula is C16H14F4O. The summed E-state index contributed by atoms with van der Waals surface area (Å²) >= 11 is 0. The fourth-order valence-corrected chi connectivity index (χ4v) is 2.18. The monoisotopic (exact) mass is 298 g/mol. The van der Waals surface area contributed by atoms with E-state index in [0.29, 0.717) is 5.56 Å². The molecule has 0 aliphatic heterocycles. The summed E-state index contributed by atoms with van der Waals surface area (Å²) in [7, 11) is 0. The molecule has 0 aliphatic rings. The Hall–Kier alpha value is -1.88. The van der Waals surface area contributed by atoms with E-state index >= 15 is 0 Å². The molecule has 0 aliphatic carbocycles. The fourth-order valence-electron chi connectivity index (χ4n) is 2.18. The molecule has 0 heterocycles. The lowest BCUT2D eigenvalue weighted by atomic mass is 9.76. The Morgan fingerprint density at radius 2 is 1.43 bits per heavy atom. The molecule has 1 unspecified atom stereocenters. The van der Waals surface area contributed by atoms with Gasteiger partial charge in [-0.25, -0.2) is 17.6 Å². The number of benzene rings is 2. The number of hydrogen-bond donors (Lipinski definition) is 1. The highest BCUT2D eigenvalue weighted by Gasteiger charge is 2.34. The van der Waals surface area contributed by atoms with E-state index in [1.54, 1.807) is 13.8 Å². The van der Waals surface area contributed by atoms with E-state index in [9.17, 15) is 22.7 Å². The van der Waals surface area contributed by atoms with Gasteiger partial charge in [0.05, 0.1) is 6.10 Å². The van der Waals surface area contributed by atoms with Crippen LogP contribution in [0.25, 0.3) is 0 Å². The third kappa shape index (κ3) is 2.78. The molecule has 0 spiro atoms. The third-order valence-corrected chi connectivity index (χ3v) is 3.63. The Bertz CT molecular complexity index is 650. The minimum absolute atomic E-state index is 0.344. The molecule has 21 heavy (non-hydrogen) atoms. The van der Waals surface area contributed by atoms with Crippen molar-refractivity contribution in [3.05, 3.63) is 70.8 Å². The van der Waals surface area contributed by atoms with E-state index in [2.05, 4.69) is 0 Å². The third-order valence-electron chi connectivity index (χ3n) is 3.63. The first kappa shape index (κ1) is 15.5. The molecule has 5 heteroatoms. The molecule has 1 nitrogen and oxygen atoms in total. The van der Waals surface area contributed by atoms with Crippen LogP contribution in [0.2, 0.25) is 0 Å². The highest BCUT2D eigenvalue weighted by molar-refractivity contribution is 5.32. The number of hydrogen-bond acceptors (Lipinski definition) is 1. The van der Waals surface area contributed by atoms with Gasteiger partial charge in [0.15, 0.2) is 17.5 Å². The van der Waals surface area contributed by atoms with Crippen molar-refractivity contribution >= 4 is 0 Å². The summed E-state index contributed by atoms with van der Waals surface area (Å²) < 4.78 is 53.0. The van der Waals surface area contributed by atoms with Crippen LogP contribution < -0.4 is 0 Å². The normalized spacial score (nSPS) is 13.3. The Labute approximate surface area is 119 Å². The van der Waals surface area contributed by atoms with E-state index < -0.39 is 34.8 Å². The van der Waals surface area contributed by atoms with Crippen LogP contribution in [0.5, 0.6) is 0 Å². The summed E-state index contributed by atoms with van der Waals surface area (Å²) in [6.07, 6.45) is -1.42. The van der Waals surface area contributed by atoms with E-state index in [-0.39, 0.29) is 5.56 Å². The van der Waals surface area contributed by atoms with Gasteiger partial charge in [0, 0.05) is 11.0 Å². The average Bonchev–Trinajstić information content (AvgIpc) is 2.45. The van der Waals surface area contributed by atoms with Gasteiger partial charge in [0.1, 0.15) is 5.82 Å². The van der Waals surface area contributed by atoms with Crippen LogP contribution in [0.15, 0.2) is 36.4 Å². The van der Waals surface area contributed by atoms with Crippen LogP contribution in [-0.2, 0) is 5.41 Å². The second kappa shape index (κ2) is 5.48. The van der Waals surface area contributed by atoms with Crippen LogP contribution >= 0.6 is 0 Å². The van der Waals surface area contributed by atoms with Gasteiger partial charge in [-0.2, -0.15) is 0 Å². The van der Waals surface area contributed by atoms with Crippen LogP contribution in [0.4, 0.5) is 17.6 Å². The highest BCUT2D eigenvalue weighted by Crippen LogP contribution is 2.38. The SMILES string of the molecule is CC(C)(c1ccc(F)cc1)C(O)c1ccc(F)c(F)c1F. The molecule has 0 fully saturated rings. The smallest absolute Gasteiger partial charge is 0.194 e. The van der Waals surface area contributed by atoms with E-state index in [0.717, 1.165) is 12.1 Å². The van der Waals surface area contributed by atoms with Crippen molar-refractivity contribution in [1.29, 1.82) is 0 Å². The first-order valence-corrected chi connectivity index (χ1v) is 6.32. The Balaban J connectivity index is 2.45. The van der Waals surface area contributed by atoms with Crippen molar-refractivity contribution < 1.29 is 22.7 Å². The van der Waals surface area contributed by atoms with Crippen LogP contribution in [0.1, 0.15) is 31.1 Å². The van der Waals surface area contributed by atoms with Gasteiger partial charge in [-0.05, 0) is 23.8 Å². The lowest BCUT2D eigenvalue weighted by Crippen LogP contribution is -2.28. The number of rotatable bonds is 3. The van der Waals surface area contributed by atoms with Crippen LogP contribution in [0.3, 0.4) is 0 Å². The van der Waals surface area contributed by atoms with Gasteiger partial charge in [-0.15, -0.1) is 0 Å². The predicted molar refractivity (Wildman–Crippen MR) is 70.7 cm³/mol. The quantitative estimate of drug-likeness (QED) is 0.663. The zero-order chi connectivity index (χ0) is 15.8. The summed E-state index contributed by atoms with van der Waals surface area (Å²) in [5.74, 6) is -4.80. The lowest BCUT2D eigenvalue weighted by molar-refractivity contribution is 0.0954. The fraction of sp³-hybridized carbons (Fsp3) is 0.250. The van der Waals surface area contributed by atoms with Gasteiger partial charge in [0.25, 0.3) is 0 Å². The largest absolute Gasteiger partial charge is 0.387 e. The summed E-state index contributed by atoms with van der Waals surface area (Å²) in [6.45, 7) is 3.21. The molecule has 2 rings (SSSR count). The van der Waals surface area contributed by atoms with Crippen LogP contribution in [-0.4, -0.2) is 5.11 Å². The minimum atomic E-state index is -1.62. The second-order valence-corrected chi connectivity index (χ2v) is 5.40. The predicted octanol–water partition coefficient (Wildman–Crippen LogP) is 4.25. The number of aliphatic hydroxyl groups excluding tert-OH is 1. The van der Waals surface area contributed by atoms with Gasteiger partial charge < -0.3 is 5.11 Å². The average molecular weight is 298 g/mol. The van der Waals surface area contributed by atoms with E-state index in [1.807, 2.05) is 0 Å². The lowest BCUT2D eigenvalue weighted by Gasteiger charge is -2.31. The van der Waals surface area contributed by atoms with Gasteiger partial charge in [-0.1, -0.05) is 32.0 Å². The van der Waals surface area contributed by atoms with Gasteiger partial charge in [-0.3, -0.25) is 0 Å². The minimum Gasteiger partial charge on any atom is -0.387 e. The summed E-state index contributed by atoms with van der Waals surface area (Å²) in [5, 5.41) is 10.3. The molecule has 0 radical (unpaired) electrons. The van der Waals surface area contributed by atoms with Gasteiger partial charge in [0.2, 0.25) is 0 Å². The molecule has 2 aromatic carbocycles. The van der Waals surface area contributed by atoms with Crippen molar-refractivity contribution in [2.75, 3.05) is 0 Å². The highest BCUT2D eigenvalue weighted by atomic mass is 19.2. The Morgan fingerprint density at radius 3 is 2.00 bits per heavy atom. The maximum Gasteiger partial charge on any atom is 0.194 e. The van der Waals surface area contributed by atoms with Crippen molar-refractivity contribution in [2.45, 2.75) is 25.4 Å². The summed E-state index contributed by atoms with van der Waals surface area (Å²) in [6, 6.07) is 7.10. The number of aliphatic hydroxyl groups is 1. The van der Waals surface area contributed by atoms with Crippen molar-refractivity contribution in [1.82, 2.24) is 0 Å². The van der Waals surface area contributed by atoms with E-state index in [1.165, 1.54) is 24.3 Å². The first-order valence-electron chi connectivity index (χ1n) is 6.32. The second-order valence-electron chi connectivity index (χ2n) is 5.40. The molecule has 112 valence electrons. The molecule has 0 amide bonds. The Morgan fingerprint density at radius 1 is 0.857 bits per heavy atom. The molecule has 0 saturated carbocycles. The standard InChI is InChI=1S/C16H14F4O/c1-16(2,9-3-5-10(17)6-4-9)15(21)11-7-8-12(18)14(20)13(11)19/h3-8,15,21H,1-2H3. The zero-order valence-electron chi connectivity index (χ0n) is 11.5.